The summed E-state index contributed by atoms with van der Waals surface area (Å²) >= 11 is 0. The predicted octanol–water partition coefficient (Wildman–Crippen LogP) is 3.48. The smallest absolute Gasteiger partial charge is 0.211 e. The van der Waals surface area contributed by atoms with Gasteiger partial charge in [-0.05, 0) is 12.1 Å². The molecule has 0 spiro atoms. The molecular formula is C20H20N4O4. The number of methoxy groups -OCH3 is 3. The molecule has 0 aliphatic carbocycles. The third kappa shape index (κ3) is 4.12. The third-order valence-electron chi connectivity index (χ3n) is 3.98. The highest BCUT2D eigenvalue weighted by Crippen LogP contribution is 2.40. The average Bonchev–Trinajstić information content (AvgIpc) is 2.74. The summed E-state index contributed by atoms with van der Waals surface area (Å²) in [6.45, 7) is 0. The molecule has 0 bridgehead atoms. The van der Waals surface area contributed by atoms with Crippen molar-refractivity contribution in [1.29, 1.82) is 0 Å². The topological polar surface area (TPSA) is 94.6 Å². The van der Waals surface area contributed by atoms with Crippen LogP contribution < -0.4 is 24.8 Å². The van der Waals surface area contributed by atoms with Crippen LogP contribution >= 0.6 is 0 Å². The summed E-state index contributed by atoms with van der Waals surface area (Å²) in [6, 6.07) is 10.9. The zero-order valence-electron chi connectivity index (χ0n) is 15.7. The van der Waals surface area contributed by atoms with E-state index < -0.39 is 0 Å². The molecule has 0 atom stereocenters. The van der Waals surface area contributed by atoms with Crippen LogP contribution in [0, 0.1) is 0 Å². The number of rotatable bonds is 8. The number of ether oxygens (including phenoxy) is 3. The summed E-state index contributed by atoms with van der Waals surface area (Å²) in [5.41, 5.74) is 2.98. The van der Waals surface area contributed by atoms with Crippen molar-refractivity contribution in [3.8, 4) is 28.5 Å². The quantitative estimate of drug-likeness (QED) is 0.578. The molecule has 0 saturated heterocycles. The lowest BCUT2D eigenvalue weighted by Crippen LogP contribution is -2.00. The fraction of sp³-hybridized carbons (Fsp3) is 0.150. The zero-order valence-corrected chi connectivity index (χ0v) is 15.7. The Balaban J connectivity index is 1.88. The first kappa shape index (κ1) is 19.0. The van der Waals surface area contributed by atoms with Crippen molar-refractivity contribution in [2.45, 2.75) is 0 Å². The van der Waals surface area contributed by atoms with Crippen LogP contribution in [0.25, 0.3) is 11.3 Å². The Labute approximate surface area is 162 Å². The summed E-state index contributed by atoms with van der Waals surface area (Å²) in [5.74, 6) is 2.14. The van der Waals surface area contributed by atoms with Gasteiger partial charge in [0.15, 0.2) is 11.5 Å². The van der Waals surface area contributed by atoms with Gasteiger partial charge in [0.25, 0.3) is 0 Å². The number of aromatic nitrogens is 2. The summed E-state index contributed by atoms with van der Waals surface area (Å²) in [6.07, 6.45) is 3.92. The molecule has 3 rings (SSSR count). The Morgan fingerprint density at radius 3 is 2.14 bits per heavy atom. The Bertz CT molecular complexity index is 936. The molecular weight excluding hydrogens is 360 g/mol. The molecule has 1 aromatic heterocycles. The molecule has 8 nitrogen and oxygen atoms in total. The number of nitrogens with zero attached hydrogens (tertiary/aromatic N) is 2. The van der Waals surface area contributed by atoms with Gasteiger partial charge in [0.05, 0.1) is 39.4 Å². The van der Waals surface area contributed by atoms with Gasteiger partial charge in [-0.1, -0.05) is 12.1 Å². The minimum Gasteiger partial charge on any atom is -0.493 e. The van der Waals surface area contributed by atoms with Crippen LogP contribution in [-0.2, 0) is 4.79 Å². The first-order chi connectivity index (χ1) is 13.7. The molecule has 0 fully saturated rings. The van der Waals surface area contributed by atoms with Gasteiger partial charge in [-0.15, -0.1) is 0 Å². The van der Waals surface area contributed by atoms with Gasteiger partial charge in [-0.3, -0.25) is 9.78 Å². The van der Waals surface area contributed by atoms with E-state index in [4.69, 9.17) is 14.2 Å². The number of nitrogens with one attached hydrogen (secondary N) is 2. The first-order valence-corrected chi connectivity index (χ1v) is 8.38. The summed E-state index contributed by atoms with van der Waals surface area (Å²) in [5, 5.41) is 5.80. The molecule has 0 saturated carbocycles. The fourth-order valence-electron chi connectivity index (χ4n) is 2.67. The molecule has 28 heavy (non-hydrogen) atoms. The van der Waals surface area contributed by atoms with E-state index in [1.807, 2.05) is 12.1 Å². The Hall–Kier alpha value is -3.81. The number of benzene rings is 2. The van der Waals surface area contributed by atoms with Gasteiger partial charge in [-0.25, -0.2) is 4.98 Å². The summed E-state index contributed by atoms with van der Waals surface area (Å²) < 4.78 is 16.1. The van der Waals surface area contributed by atoms with E-state index in [1.54, 1.807) is 58.0 Å². The maximum Gasteiger partial charge on any atom is 0.211 e. The van der Waals surface area contributed by atoms with Crippen molar-refractivity contribution >= 4 is 23.6 Å². The lowest BCUT2D eigenvalue weighted by molar-refractivity contribution is -0.105. The Kier molecular flexibility index (Phi) is 5.91. The molecule has 144 valence electrons. The van der Waals surface area contributed by atoms with Crippen LogP contribution in [0.3, 0.4) is 0 Å². The molecule has 2 aromatic carbocycles. The molecule has 0 aliphatic heterocycles. The van der Waals surface area contributed by atoms with Crippen molar-refractivity contribution in [3.63, 3.8) is 0 Å². The Morgan fingerprint density at radius 1 is 0.893 bits per heavy atom. The standard InChI is InChI=1S/C20H20N4O4/c1-26-17-8-15(9-18(27-2)20(17)28-3)23-19-11-21-10-16(24-19)13-4-6-14(7-5-13)22-12-25/h4-12H,1-3H3,(H,22,25)(H,23,24). The molecule has 1 amide bonds. The van der Waals surface area contributed by atoms with Crippen LogP contribution in [-0.4, -0.2) is 37.7 Å². The van der Waals surface area contributed by atoms with E-state index in [-0.39, 0.29) is 0 Å². The highest BCUT2D eigenvalue weighted by molar-refractivity contribution is 5.73. The SMILES string of the molecule is COc1cc(Nc2cncc(-c3ccc(NC=O)cc3)n2)cc(OC)c1OC. The van der Waals surface area contributed by atoms with Gasteiger partial charge in [0.2, 0.25) is 12.2 Å². The maximum absolute atomic E-state index is 10.5. The number of carbonyl (C=O) groups is 1. The number of amides is 1. The molecule has 0 radical (unpaired) electrons. The van der Waals surface area contributed by atoms with E-state index in [0.717, 1.165) is 5.56 Å². The monoisotopic (exact) mass is 380 g/mol. The molecule has 8 heteroatoms. The van der Waals surface area contributed by atoms with E-state index in [9.17, 15) is 4.79 Å². The van der Waals surface area contributed by atoms with Crippen LogP contribution in [0.2, 0.25) is 0 Å². The van der Waals surface area contributed by atoms with Gasteiger partial charge >= 0.3 is 0 Å². The minimum atomic E-state index is 0.513. The lowest BCUT2D eigenvalue weighted by atomic mass is 10.1. The number of carbonyl (C=O) groups excluding carboxylic acids is 1. The van der Waals surface area contributed by atoms with Gasteiger partial charge in [0.1, 0.15) is 5.82 Å². The van der Waals surface area contributed by atoms with Crippen LogP contribution in [0.5, 0.6) is 17.2 Å². The number of hydrogen-bond donors (Lipinski definition) is 2. The van der Waals surface area contributed by atoms with Crippen LogP contribution in [0.15, 0.2) is 48.8 Å². The van der Waals surface area contributed by atoms with E-state index in [0.29, 0.717) is 46.5 Å². The highest BCUT2D eigenvalue weighted by Gasteiger charge is 2.13. The van der Waals surface area contributed by atoms with E-state index >= 15 is 0 Å². The van der Waals surface area contributed by atoms with Crippen LogP contribution in [0.4, 0.5) is 17.2 Å². The normalized spacial score (nSPS) is 10.1. The van der Waals surface area contributed by atoms with Crippen LogP contribution in [0.1, 0.15) is 0 Å². The van der Waals surface area contributed by atoms with Crippen molar-refractivity contribution in [2.24, 2.45) is 0 Å². The fourth-order valence-corrected chi connectivity index (χ4v) is 2.67. The minimum absolute atomic E-state index is 0.513. The molecule has 0 aliphatic rings. The zero-order chi connectivity index (χ0) is 19.9. The van der Waals surface area contributed by atoms with Crippen molar-refractivity contribution in [1.82, 2.24) is 9.97 Å². The molecule has 3 aromatic rings. The van der Waals surface area contributed by atoms with Crippen molar-refractivity contribution < 1.29 is 19.0 Å². The second-order valence-electron chi connectivity index (χ2n) is 5.67. The van der Waals surface area contributed by atoms with Gasteiger partial charge in [-0.2, -0.15) is 0 Å². The summed E-state index contributed by atoms with van der Waals surface area (Å²) in [4.78, 5) is 19.4. The number of anilines is 3. The van der Waals surface area contributed by atoms with E-state index in [1.165, 1.54) is 0 Å². The second-order valence-corrected chi connectivity index (χ2v) is 5.67. The molecule has 0 unspecified atom stereocenters. The summed E-state index contributed by atoms with van der Waals surface area (Å²) in [7, 11) is 4.67. The molecule has 2 N–H and O–H groups in total. The molecule has 1 heterocycles. The first-order valence-electron chi connectivity index (χ1n) is 8.38. The van der Waals surface area contributed by atoms with Crippen molar-refractivity contribution in [3.05, 3.63) is 48.8 Å². The lowest BCUT2D eigenvalue weighted by Gasteiger charge is -2.15. The maximum atomic E-state index is 10.5. The van der Waals surface area contributed by atoms with Gasteiger partial charge in [0, 0.05) is 29.1 Å². The Morgan fingerprint density at radius 2 is 1.57 bits per heavy atom. The third-order valence-corrected chi connectivity index (χ3v) is 3.98. The second kappa shape index (κ2) is 8.72. The average molecular weight is 380 g/mol. The largest absolute Gasteiger partial charge is 0.493 e. The van der Waals surface area contributed by atoms with Crippen molar-refractivity contribution in [2.75, 3.05) is 32.0 Å². The van der Waals surface area contributed by atoms with E-state index in [2.05, 4.69) is 20.6 Å². The highest BCUT2D eigenvalue weighted by atomic mass is 16.5. The number of hydrogen-bond acceptors (Lipinski definition) is 7. The van der Waals surface area contributed by atoms with Gasteiger partial charge < -0.3 is 24.8 Å². The predicted molar refractivity (Wildman–Crippen MR) is 107 cm³/mol.